The molecule has 0 saturated heterocycles. The number of amides is 2. The van der Waals surface area contributed by atoms with E-state index >= 15 is 0 Å². The molecule has 1 atom stereocenters. The van der Waals surface area contributed by atoms with Crippen LogP contribution in [0.5, 0.6) is 0 Å². The van der Waals surface area contributed by atoms with Gasteiger partial charge in [-0.15, -0.1) is 0 Å². The van der Waals surface area contributed by atoms with Crippen LogP contribution in [0.3, 0.4) is 0 Å². The van der Waals surface area contributed by atoms with Gasteiger partial charge in [-0.05, 0) is 38.0 Å². The molecule has 0 aliphatic carbocycles. The lowest BCUT2D eigenvalue weighted by Crippen LogP contribution is -2.31. The molecule has 1 unspecified atom stereocenters. The van der Waals surface area contributed by atoms with Crippen LogP contribution in [-0.2, 0) is 6.54 Å². The van der Waals surface area contributed by atoms with Crippen molar-refractivity contribution in [2.45, 2.75) is 39.8 Å². The molecule has 2 amide bonds. The molecule has 6 heteroatoms. The van der Waals surface area contributed by atoms with Gasteiger partial charge in [0, 0.05) is 24.2 Å². The van der Waals surface area contributed by atoms with Crippen molar-refractivity contribution in [1.29, 1.82) is 0 Å². The fourth-order valence-corrected chi connectivity index (χ4v) is 1.92. The van der Waals surface area contributed by atoms with Crippen LogP contribution in [0.4, 0.5) is 0 Å². The molecule has 0 spiro atoms. The maximum atomic E-state index is 12.0. The zero-order chi connectivity index (χ0) is 16.8. The Labute approximate surface area is 135 Å². The normalized spacial score (nSPS) is 11.8. The second-order valence-corrected chi connectivity index (χ2v) is 5.49. The van der Waals surface area contributed by atoms with Gasteiger partial charge in [0.05, 0.1) is 5.69 Å². The third-order valence-corrected chi connectivity index (χ3v) is 3.51. The van der Waals surface area contributed by atoms with E-state index in [1.807, 2.05) is 26.0 Å². The van der Waals surface area contributed by atoms with E-state index < -0.39 is 0 Å². The van der Waals surface area contributed by atoms with Crippen molar-refractivity contribution in [2.75, 3.05) is 0 Å². The number of aryl methyl sites for hydroxylation is 1. The lowest BCUT2D eigenvalue weighted by atomic mass is 10.1. The number of carbonyl (C=O) groups is 2. The van der Waals surface area contributed by atoms with E-state index in [-0.39, 0.29) is 23.6 Å². The highest BCUT2D eigenvalue weighted by Crippen LogP contribution is 2.07. The fraction of sp³-hybridized carbons (Fsp3) is 0.353. The minimum Gasteiger partial charge on any atom is -0.351 e. The number of rotatable bonds is 6. The molecule has 2 aromatic rings. The molecule has 6 nitrogen and oxygen atoms in total. The topological polar surface area (TPSA) is 84.2 Å². The van der Waals surface area contributed by atoms with Gasteiger partial charge in [-0.25, -0.2) is 0 Å². The summed E-state index contributed by atoms with van der Waals surface area (Å²) in [5.41, 5.74) is 2.16. The Morgan fingerprint density at radius 3 is 2.48 bits per heavy atom. The van der Waals surface area contributed by atoms with Gasteiger partial charge < -0.3 is 15.2 Å². The van der Waals surface area contributed by atoms with Crippen molar-refractivity contribution in [3.63, 3.8) is 0 Å². The molecule has 1 aromatic heterocycles. The van der Waals surface area contributed by atoms with Crippen molar-refractivity contribution < 1.29 is 14.1 Å². The van der Waals surface area contributed by atoms with Crippen LogP contribution < -0.4 is 10.6 Å². The van der Waals surface area contributed by atoms with Gasteiger partial charge in [0.2, 0.25) is 5.76 Å². The van der Waals surface area contributed by atoms with E-state index in [1.54, 1.807) is 25.1 Å². The molecule has 0 aliphatic rings. The molecule has 0 saturated carbocycles. The van der Waals surface area contributed by atoms with Crippen LogP contribution in [0.1, 0.15) is 52.4 Å². The van der Waals surface area contributed by atoms with E-state index in [0.29, 0.717) is 17.8 Å². The van der Waals surface area contributed by atoms with Gasteiger partial charge in [-0.3, -0.25) is 9.59 Å². The van der Waals surface area contributed by atoms with E-state index in [0.717, 1.165) is 12.0 Å². The van der Waals surface area contributed by atoms with Crippen molar-refractivity contribution in [2.24, 2.45) is 0 Å². The first-order valence-corrected chi connectivity index (χ1v) is 7.61. The standard InChI is InChI=1S/C17H21N3O3/c1-4-11(2)19-16(21)14-7-5-13(6-8-14)10-18-17(22)15-9-12(3)20-23-15/h5-9,11H,4,10H2,1-3H3,(H,18,22)(H,19,21). The van der Waals surface area contributed by atoms with E-state index in [9.17, 15) is 9.59 Å². The summed E-state index contributed by atoms with van der Waals surface area (Å²) in [6, 6.07) is 8.86. The van der Waals surface area contributed by atoms with E-state index in [1.165, 1.54) is 0 Å². The van der Waals surface area contributed by atoms with Gasteiger partial charge in [0.25, 0.3) is 11.8 Å². The molecular formula is C17H21N3O3. The molecule has 2 rings (SSSR count). The third kappa shape index (κ3) is 4.67. The summed E-state index contributed by atoms with van der Waals surface area (Å²) in [6.45, 7) is 6.09. The zero-order valence-corrected chi connectivity index (χ0v) is 13.6. The molecule has 1 aromatic carbocycles. The largest absolute Gasteiger partial charge is 0.351 e. The van der Waals surface area contributed by atoms with Crippen molar-refractivity contribution in [3.8, 4) is 0 Å². The molecule has 0 fully saturated rings. The summed E-state index contributed by atoms with van der Waals surface area (Å²) in [6.07, 6.45) is 0.886. The van der Waals surface area contributed by atoms with Gasteiger partial charge >= 0.3 is 0 Å². The summed E-state index contributed by atoms with van der Waals surface area (Å²) in [4.78, 5) is 23.8. The maximum Gasteiger partial charge on any atom is 0.290 e. The summed E-state index contributed by atoms with van der Waals surface area (Å²) in [7, 11) is 0. The minimum absolute atomic E-state index is 0.0907. The van der Waals surface area contributed by atoms with Gasteiger partial charge in [-0.1, -0.05) is 24.2 Å². The molecule has 23 heavy (non-hydrogen) atoms. The minimum atomic E-state index is -0.316. The molecule has 1 heterocycles. The number of aromatic nitrogens is 1. The zero-order valence-electron chi connectivity index (χ0n) is 13.6. The quantitative estimate of drug-likeness (QED) is 0.857. The Morgan fingerprint density at radius 2 is 1.91 bits per heavy atom. The SMILES string of the molecule is CCC(C)NC(=O)c1ccc(CNC(=O)c2cc(C)no2)cc1. The second kappa shape index (κ2) is 7.58. The Kier molecular flexibility index (Phi) is 5.51. The second-order valence-electron chi connectivity index (χ2n) is 5.49. The average molecular weight is 315 g/mol. The van der Waals surface area contributed by atoms with Crippen LogP contribution in [-0.4, -0.2) is 23.0 Å². The van der Waals surface area contributed by atoms with Crippen molar-refractivity contribution in [1.82, 2.24) is 15.8 Å². The maximum absolute atomic E-state index is 12.0. The third-order valence-electron chi connectivity index (χ3n) is 3.51. The molecular weight excluding hydrogens is 294 g/mol. The first-order chi connectivity index (χ1) is 11.0. The smallest absolute Gasteiger partial charge is 0.290 e. The molecule has 2 N–H and O–H groups in total. The highest BCUT2D eigenvalue weighted by molar-refractivity contribution is 5.94. The Hall–Kier alpha value is -2.63. The van der Waals surface area contributed by atoms with Crippen LogP contribution in [0, 0.1) is 6.92 Å². The average Bonchev–Trinajstić information content (AvgIpc) is 2.99. The van der Waals surface area contributed by atoms with Crippen LogP contribution in [0.15, 0.2) is 34.9 Å². The number of nitrogens with zero attached hydrogens (tertiary/aromatic N) is 1. The highest BCUT2D eigenvalue weighted by Gasteiger charge is 2.11. The molecule has 0 radical (unpaired) electrons. The highest BCUT2D eigenvalue weighted by atomic mass is 16.5. The number of hydrogen-bond acceptors (Lipinski definition) is 4. The molecule has 0 aliphatic heterocycles. The number of benzene rings is 1. The van der Waals surface area contributed by atoms with Gasteiger partial charge in [0.15, 0.2) is 0 Å². The summed E-state index contributed by atoms with van der Waals surface area (Å²) >= 11 is 0. The van der Waals surface area contributed by atoms with E-state index in [2.05, 4.69) is 15.8 Å². The predicted octanol–water partition coefficient (Wildman–Crippen LogP) is 2.44. The molecule has 122 valence electrons. The van der Waals surface area contributed by atoms with Crippen molar-refractivity contribution >= 4 is 11.8 Å². The van der Waals surface area contributed by atoms with Crippen LogP contribution >= 0.6 is 0 Å². The molecule has 0 bridgehead atoms. The number of nitrogens with one attached hydrogen (secondary N) is 2. The summed E-state index contributed by atoms with van der Waals surface area (Å²) in [5.74, 6) is -0.219. The van der Waals surface area contributed by atoms with Crippen LogP contribution in [0.2, 0.25) is 0 Å². The first kappa shape index (κ1) is 16.7. The lowest BCUT2D eigenvalue weighted by Gasteiger charge is -2.11. The summed E-state index contributed by atoms with van der Waals surface area (Å²) in [5, 5.41) is 9.33. The van der Waals surface area contributed by atoms with Gasteiger partial charge in [-0.2, -0.15) is 0 Å². The Morgan fingerprint density at radius 1 is 1.22 bits per heavy atom. The Balaban J connectivity index is 1.90. The number of carbonyl (C=O) groups excluding carboxylic acids is 2. The summed E-state index contributed by atoms with van der Waals surface area (Å²) < 4.78 is 4.90. The Bertz CT molecular complexity index is 677. The fourth-order valence-electron chi connectivity index (χ4n) is 1.92. The monoisotopic (exact) mass is 315 g/mol. The van der Waals surface area contributed by atoms with Crippen molar-refractivity contribution in [3.05, 3.63) is 52.9 Å². The van der Waals surface area contributed by atoms with Crippen LogP contribution in [0.25, 0.3) is 0 Å². The first-order valence-electron chi connectivity index (χ1n) is 7.61. The number of hydrogen-bond donors (Lipinski definition) is 2. The predicted molar refractivity (Wildman–Crippen MR) is 86.1 cm³/mol. The van der Waals surface area contributed by atoms with Gasteiger partial charge in [0.1, 0.15) is 0 Å². The van der Waals surface area contributed by atoms with E-state index in [4.69, 9.17) is 4.52 Å². The lowest BCUT2D eigenvalue weighted by molar-refractivity contribution is 0.0911.